The summed E-state index contributed by atoms with van der Waals surface area (Å²) in [7, 11) is 0. The van der Waals surface area contributed by atoms with E-state index in [4.69, 9.17) is 0 Å². The van der Waals surface area contributed by atoms with Gasteiger partial charge >= 0.3 is 17.7 Å². The Kier molecular flexibility index (Phi) is 6.94. The summed E-state index contributed by atoms with van der Waals surface area (Å²) in [5, 5.41) is 7.82. The van der Waals surface area contributed by atoms with Gasteiger partial charge in [0.15, 0.2) is 0 Å². The number of nitrogens with zero attached hydrogens (tertiary/aromatic N) is 3. The molecule has 188 valence electrons. The Morgan fingerprint density at radius 3 is 2.17 bits per heavy atom. The predicted octanol–water partition coefficient (Wildman–Crippen LogP) is 6.89. The largest absolute Gasteiger partial charge is 0.446 e. The fourth-order valence-corrected chi connectivity index (χ4v) is 3.99. The molecule has 13 heteroatoms. The van der Waals surface area contributed by atoms with Gasteiger partial charge in [0.05, 0.1) is 29.4 Å². The summed E-state index contributed by atoms with van der Waals surface area (Å²) in [6, 6.07) is 11.5. The number of halogens is 7. The van der Waals surface area contributed by atoms with Crippen LogP contribution < -0.4 is 5.32 Å². The molecule has 1 aliphatic heterocycles. The number of thioether (sulfide) groups is 1. The van der Waals surface area contributed by atoms with Crippen LogP contribution in [-0.2, 0) is 6.18 Å². The third kappa shape index (κ3) is 6.14. The molecule has 0 radical (unpaired) electrons. The molecule has 2 aromatic carbocycles. The number of aromatic nitrogens is 1. The van der Waals surface area contributed by atoms with E-state index in [0.717, 1.165) is 11.1 Å². The second-order valence-electron chi connectivity index (χ2n) is 7.60. The SMILES string of the molecule is O=C(Nc1ccc(SC(F)(F)F)cc1)N1CC(c2ccc(C(F)(F)F)cn2)C(c2ccc(F)cc2)=N1. The van der Waals surface area contributed by atoms with Crippen molar-refractivity contribution in [3.63, 3.8) is 0 Å². The summed E-state index contributed by atoms with van der Waals surface area (Å²) in [6.45, 7) is -0.0844. The van der Waals surface area contributed by atoms with Gasteiger partial charge < -0.3 is 5.32 Å². The molecule has 5 nitrogen and oxygen atoms in total. The minimum absolute atomic E-state index is 0.0632. The highest BCUT2D eigenvalue weighted by molar-refractivity contribution is 8.00. The maximum Gasteiger partial charge on any atom is 0.446 e. The van der Waals surface area contributed by atoms with Crippen LogP contribution >= 0.6 is 11.8 Å². The van der Waals surface area contributed by atoms with E-state index in [1.54, 1.807) is 0 Å². The summed E-state index contributed by atoms with van der Waals surface area (Å²) < 4.78 is 89.7. The number of rotatable bonds is 4. The van der Waals surface area contributed by atoms with E-state index in [1.165, 1.54) is 54.6 Å². The van der Waals surface area contributed by atoms with Crippen LogP contribution in [0, 0.1) is 5.82 Å². The van der Waals surface area contributed by atoms with Crippen molar-refractivity contribution in [3.05, 3.63) is 89.5 Å². The quantitative estimate of drug-likeness (QED) is 0.297. The molecule has 3 aromatic rings. The molecule has 1 unspecified atom stereocenters. The molecular weight excluding hydrogens is 513 g/mol. The average Bonchev–Trinajstić information content (AvgIpc) is 3.25. The van der Waals surface area contributed by atoms with E-state index in [1.807, 2.05) is 0 Å². The van der Waals surface area contributed by atoms with Crippen LogP contribution in [0.5, 0.6) is 0 Å². The smallest absolute Gasteiger partial charge is 0.306 e. The van der Waals surface area contributed by atoms with Gasteiger partial charge in [-0.1, -0.05) is 12.1 Å². The van der Waals surface area contributed by atoms with Gasteiger partial charge in [0.1, 0.15) is 5.82 Å². The number of anilines is 1. The van der Waals surface area contributed by atoms with Crippen molar-refractivity contribution in [2.45, 2.75) is 22.5 Å². The zero-order valence-corrected chi connectivity index (χ0v) is 18.8. The standard InChI is InChI=1S/C23H15F7N4OS/c24-15-4-1-13(2-5-15)20-18(19-10-3-14(11-31-19)22(25,26)27)12-34(33-20)21(35)32-16-6-8-17(9-7-16)36-23(28,29)30/h1-11,18H,12H2,(H,32,35). The molecule has 0 saturated carbocycles. The number of carbonyl (C=O) groups excluding carboxylic acids is 1. The van der Waals surface area contributed by atoms with Crippen LogP contribution in [-0.4, -0.2) is 33.8 Å². The minimum Gasteiger partial charge on any atom is -0.306 e. The first-order valence-corrected chi connectivity index (χ1v) is 11.0. The summed E-state index contributed by atoms with van der Waals surface area (Å²) >= 11 is -0.296. The van der Waals surface area contributed by atoms with Gasteiger partial charge in [0.25, 0.3) is 0 Å². The third-order valence-corrected chi connectivity index (χ3v) is 5.84. The Labute approximate surface area is 204 Å². The monoisotopic (exact) mass is 528 g/mol. The molecule has 0 spiro atoms. The second kappa shape index (κ2) is 9.80. The average molecular weight is 528 g/mol. The van der Waals surface area contributed by atoms with Crippen LogP contribution in [0.15, 0.2) is 76.9 Å². The number of benzene rings is 2. The molecule has 0 aliphatic carbocycles. The molecule has 36 heavy (non-hydrogen) atoms. The molecule has 2 heterocycles. The first-order valence-electron chi connectivity index (χ1n) is 10.2. The Balaban J connectivity index is 1.56. The first kappa shape index (κ1) is 25.5. The van der Waals surface area contributed by atoms with Crippen LogP contribution in [0.2, 0.25) is 0 Å². The fourth-order valence-electron chi connectivity index (χ4n) is 3.45. The number of nitrogens with one attached hydrogen (secondary N) is 1. The van der Waals surface area contributed by atoms with E-state index in [2.05, 4.69) is 15.4 Å². The van der Waals surface area contributed by atoms with Gasteiger partial charge in [-0.3, -0.25) is 4.98 Å². The van der Waals surface area contributed by atoms with Crippen LogP contribution in [0.4, 0.5) is 41.2 Å². The van der Waals surface area contributed by atoms with Crippen molar-refractivity contribution in [2.24, 2.45) is 5.10 Å². The Morgan fingerprint density at radius 2 is 1.61 bits per heavy atom. The molecule has 0 saturated heterocycles. The zero-order valence-electron chi connectivity index (χ0n) is 17.9. The molecule has 1 aliphatic rings. The molecule has 1 N–H and O–H groups in total. The van der Waals surface area contributed by atoms with Crippen LogP contribution in [0.25, 0.3) is 0 Å². The molecule has 1 atom stereocenters. The van der Waals surface area contributed by atoms with E-state index in [-0.39, 0.29) is 40.3 Å². The topological polar surface area (TPSA) is 57.6 Å². The van der Waals surface area contributed by atoms with E-state index in [9.17, 15) is 35.5 Å². The number of hydrogen-bond acceptors (Lipinski definition) is 4. The van der Waals surface area contributed by atoms with Gasteiger partial charge in [0.2, 0.25) is 0 Å². The lowest BCUT2D eigenvalue weighted by Gasteiger charge is -2.16. The molecule has 0 bridgehead atoms. The van der Waals surface area contributed by atoms with Gasteiger partial charge in [0, 0.05) is 16.8 Å². The molecule has 1 aromatic heterocycles. The van der Waals surface area contributed by atoms with Gasteiger partial charge in [-0.15, -0.1) is 0 Å². The maximum absolute atomic E-state index is 13.4. The van der Waals surface area contributed by atoms with E-state index < -0.39 is 35.0 Å². The zero-order chi connectivity index (χ0) is 26.1. The van der Waals surface area contributed by atoms with Gasteiger partial charge in [-0.25, -0.2) is 14.2 Å². The highest BCUT2D eigenvalue weighted by Crippen LogP contribution is 2.37. The van der Waals surface area contributed by atoms with Crippen LogP contribution in [0.3, 0.4) is 0 Å². The van der Waals surface area contributed by atoms with Crippen molar-refractivity contribution in [2.75, 3.05) is 11.9 Å². The van der Waals surface area contributed by atoms with E-state index >= 15 is 0 Å². The predicted molar refractivity (Wildman–Crippen MR) is 119 cm³/mol. The lowest BCUT2D eigenvalue weighted by Crippen LogP contribution is -2.30. The van der Waals surface area contributed by atoms with Crippen molar-refractivity contribution < 1.29 is 35.5 Å². The Bertz CT molecular complexity index is 1260. The number of hydrazone groups is 1. The van der Waals surface area contributed by atoms with Gasteiger partial charge in [-0.2, -0.15) is 31.4 Å². The van der Waals surface area contributed by atoms with Crippen molar-refractivity contribution in [1.82, 2.24) is 9.99 Å². The van der Waals surface area contributed by atoms with Crippen molar-refractivity contribution in [3.8, 4) is 0 Å². The highest BCUT2D eigenvalue weighted by Gasteiger charge is 2.35. The number of amides is 2. The second-order valence-corrected chi connectivity index (χ2v) is 8.74. The highest BCUT2D eigenvalue weighted by atomic mass is 32.2. The first-order chi connectivity index (χ1) is 16.9. The molecule has 0 fully saturated rings. The third-order valence-electron chi connectivity index (χ3n) is 5.10. The molecular formula is C23H15F7N4OS. The number of carbonyl (C=O) groups is 1. The summed E-state index contributed by atoms with van der Waals surface area (Å²) in [5.41, 5.74) is -4.24. The van der Waals surface area contributed by atoms with E-state index in [0.29, 0.717) is 11.8 Å². The lowest BCUT2D eigenvalue weighted by atomic mass is 9.94. The number of alkyl halides is 6. The normalized spacial score (nSPS) is 16.1. The fraction of sp³-hybridized carbons (Fsp3) is 0.174. The summed E-state index contributed by atoms with van der Waals surface area (Å²) in [6.07, 6.45) is -3.89. The van der Waals surface area contributed by atoms with Crippen molar-refractivity contribution >= 4 is 29.2 Å². The lowest BCUT2D eigenvalue weighted by molar-refractivity contribution is -0.137. The maximum atomic E-state index is 13.4. The Hall–Kier alpha value is -3.61. The summed E-state index contributed by atoms with van der Waals surface area (Å²) in [4.78, 5) is 16.7. The number of urea groups is 1. The minimum atomic E-state index is -4.57. The van der Waals surface area contributed by atoms with Crippen LogP contribution in [0.1, 0.15) is 22.7 Å². The summed E-state index contributed by atoms with van der Waals surface area (Å²) in [5.74, 6) is -1.22. The van der Waals surface area contributed by atoms with Crippen molar-refractivity contribution in [1.29, 1.82) is 0 Å². The molecule has 4 rings (SSSR count). The number of hydrogen-bond donors (Lipinski definition) is 1. The van der Waals surface area contributed by atoms with Gasteiger partial charge in [-0.05, 0) is 65.9 Å². The Morgan fingerprint density at radius 1 is 0.944 bits per heavy atom. The number of pyridine rings is 1. The molecule has 2 amide bonds.